The number of aliphatic hydroxyl groups is 1. The van der Waals surface area contributed by atoms with Crippen LogP contribution in [0.1, 0.15) is 19.4 Å². The van der Waals surface area contributed by atoms with Gasteiger partial charge in [0.25, 0.3) is 5.69 Å². The molecule has 0 amide bonds. The molecule has 0 fully saturated rings. The van der Waals surface area contributed by atoms with Crippen LogP contribution >= 0.6 is 0 Å². The molecule has 0 aliphatic carbocycles. The number of aliphatic hydroxyl groups excluding tert-OH is 1. The van der Waals surface area contributed by atoms with Gasteiger partial charge in [-0.3, -0.25) is 10.1 Å². The number of phenols is 1. The fourth-order valence-electron chi connectivity index (χ4n) is 4.02. The molecule has 2 atom stereocenters. The van der Waals surface area contributed by atoms with E-state index in [0.717, 1.165) is 52.8 Å². The highest BCUT2D eigenvalue weighted by molar-refractivity contribution is 7.91. The molecule has 0 saturated carbocycles. The molecule has 0 saturated heterocycles. The molecule has 2 N–H and O–H groups in total. The number of aromatic hydroxyl groups is 1. The lowest BCUT2D eigenvalue weighted by molar-refractivity contribution is -0.384. The van der Waals surface area contributed by atoms with E-state index in [-0.39, 0.29) is 45.0 Å². The summed E-state index contributed by atoms with van der Waals surface area (Å²) < 4.78 is 54.2. The van der Waals surface area contributed by atoms with Crippen molar-refractivity contribution >= 4 is 25.5 Å². The maximum Gasteiger partial charge on any atom is 0.269 e. The highest BCUT2D eigenvalue weighted by atomic mass is 32.2. The third-order valence-corrected chi connectivity index (χ3v) is 9.75. The maximum absolute atomic E-state index is 13.6. The Hall–Kier alpha value is -4.01. The van der Waals surface area contributed by atoms with E-state index >= 15 is 0 Å². The second-order valence-electron chi connectivity index (χ2n) is 9.65. The van der Waals surface area contributed by atoms with Crippen LogP contribution in [0.25, 0.3) is 10.4 Å². The quantitative estimate of drug-likeness (QED) is 0.0955. The molecular formula is C26H29N5O8S2. The fraction of sp³-hybridized carbons (Fsp3) is 0.308. The highest BCUT2D eigenvalue weighted by Crippen LogP contribution is 2.26. The molecule has 3 rings (SSSR count). The van der Waals surface area contributed by atoms with Gasteiger partial charge in [0, 0.05) is 30.1 Å². The van der Waals surface area contributed by atoms with Gasteiger partial charge in [-0.2, -0.15) is 4.31 Å². The van der Waals surface area contributed by atoms with Crippen LogP contribution in [0, 0.1) is 16.0 Å². The highest BCUT2D eigenvalue weighted by Gasteiger charge is 2.31. The number of sulfone groups is 1. The summed E-state index contributed by atoms with van der Waals surface area (Å²) >= 11 is 0. The van der Waals surface area contributed by atoms with E-state index < -0.39 is 43.5 Å². The zero-order chi connectivity index (χ0) is 30.4. The van der Waals surface area contributed by atoms with Gasteiger partial charge < -0.3 is 10.2 Å². The van der Waals surface area contributed by atoms with Crippen molar-refractivity contribution in [1.82, 2.24) is 4.31 Å². The topological polar surface area (TPSA) is 204 Å². The van der Waals surface area contributed by atoms with Crippen molar-refractivity contribution in [2.24, 2.45) is 11.0 Å². The monoisotopic (exact) mass is 603 g/mol. The number of nitrogens with zero attached hydrogens (tertiary/aromatic N) is 5. The minimum Gasteiger partial charge on any atom is -0.508 e. The van der Waals surface area contributed by atoms with Gasteiger partial charge in [-0.25, -0.2) is 16.8 Å². The van der Waals surface area contributed by atoms with Crippen LogP contribution in [-0.2, 0) is 26.3 Å². The Morgan fingerprint density at radius 3 is 1.90 bits per heavy atom. The van der Waals surface area contributed by atoms with Crippen LogP contribution in [-0.4, -0.2) is 61.5 Å². The third-order valence-electron chi connectivity index (χ3n) is 6.11. The van der Waals surface area contributed by atoms with Gasteiger partial charge in [0.1, 0.15) is 5.75 Å². The smallest absolute Gasteiger partial charge is 0.269 e. The molecule has 0 bridgehead atoms. The van der Waals surface area contributed by atoms with E-state index in [4.69, 9.17) is 5.53 Å². The molecule has 1 unspecified atom stereocenters. The minimum absolute atomic E-state index is 0.0183. The standard InChI is InChI=1S/C26H29N5O8S2/c1-18(2)16-30(17-26(33)25(28-29-27)15-19-3-7-21(32)8-4-19)41(38,39)24-13-11-23(12-14-24)40(36,37)22-9-5-20(6-10-22)31(34)35/h3-14,18,25-26,32-33H,15-17H2,1-2H3/t25-,26?/m0/s1. The van der Waals surface area contributed by atoms with Crippen molar-refractivity contribution in [2.75, 3.05) is 13.1 Å². The summed E-state index contributed by atoms with van der Waals surface area (Å²) in [6, 6.07) is 13.9. The number of hydrogen-bond acceptors (Lipinski definition) is 9. The average molecular weight is 604 g/mol. The van der Waals surface area contributed by atoms with E-state index in [1.807, 2.05) is 0 Å². The summed E-state index contributed by atoms with van der Waals surface area (Å²) in [6.07, 6.45) is -1.29. The van der Waals surface area contributed by atoms with Crippen LogP contribution in [0.5, 0.6) is 5.75 Å². The van der Waals surface area contributed by atoms with Gasteiger partial charge in [-0.15, -0.1) is 0 Å². The van der Waals surface area contributed by atoms with Crippen LogP contribution in [0.4, 0.5) is 5.69 Å². The van der Waals surface area contributed by atoms with E-state index in [2.05, 4.69) is 10.0 Å². The van der Waals surface area contributed by atoms with E-state index in [9.17, 15) is 37.2 Å². The summed E-state index contributed by atoms with van der Waals surface area (Å²) in [5, 5.41) is 34.9. The SMILES string of the molecule is CC(C)CN(CC(O)[C@H](Cc1ccc(O)cc1)N=[N+]=[N-])S(=O)(=O)c1ccc(S(=O)(=O)c2ccc([N+](=O)[O-])cc2)cc1. The summed E-state index contributed by atoms with van der Waals surface area (Å²) in [6.45, 7) is 3.20. The van der Waals surface area contributed by atoms with E-state index in [1.54, 1.807) is 26.0 Å². The second-order valence-corrected chi connectivity index (χ2v) is 13.5. The van der Waals surface area contributed by atoms with Gasteiger partial charge in [-0.1, -0.05) is 31.1 Å². The second kappa shape index (κ2) is 13.1. The van der Waals surface area contributed by atoms with Gasteiger partial charge in [0.15, 0.2) is 0 Å². The molecule has 3 aromatic rings. The molecule has 13 nitrogen and oxygen atoms in total. The molecule has 0 aliphatic heterocycles. The first kappa shape index (κ1) is 31.5. The number of non-ortho nitro benzene ring substituents is 1. The van der Waals surface area contributed by atoms with Crippen molar-refractivity contribution in [2.45, 2.75) is 47.1 Å². The zero-order valence-corrected chi connectivity index (χ0v) is 23.8. The van der Waals surface area contributed by atoms with Gasteiger partial charge >= 0.3 is 0 Å². The fourth-order valence-corrected chi connectivity index (χ4v) is 6.91. The summed E-state index contributed by atoms with van der Waals surface area (Å²) in [5.74, 6) is -0.107. The molecule has 0 aromatic heterocycles. The van der Waals surface area contributed by atoms with Crippen LogP contribution < -0.4 is 0 Å². The van der Waals surface area contributed by atoms with E-state index in [0.29, 0.717) is 5.56 Å². The van der Waals surface area contributed by atoms with Crippen molar-refractivity contribution < 1.29 is 32.0 Å². The summed E-state index contributed by atoms with van der Waals surface area (Å²) in [4.78, 5) is 12.4. The summed E-state index contributed by atoms with van der Waals surface area (Å²) in [7, 11) is -8.31. The van der Waals surface area contributed by atoms with Crippen LogP contribution in [0.2, 0.25) is 0 Å². The first-order chi connectivity index (χ1) is 19.2. The van der Waals surface area contributed by atoms with Crippen molar-refractivity contribution in [1.29, 1.82) is 0 Å². The predicted octanol–water partition coefficient (Wildman–Crippen LogP) is 4.06. The molecule has 0 aliphatic rings. The normalized spacial score (nSPS) is 13.5. The van der Waals surface area contributed by atoms with Gasteiger partial charge in [-0.05, 0) is 72.0 Å². The van der Waals surface area contributed by atoms with Gasteiger partial charge in [0.05, 0.1) is 31.8 Å². The zero-order valence-electron chi connectivity index (χ0n) is 22.2. The Morgan fingerprint density at radius 1 is 0.902 bits per heavy atom. The average Bonchev–Trinajstić information content (AvgIpc) is 2.93. The van der Waals surface area contributed by atoms with Crippen LogP contribution in [0.3, 0.4) is 0 Å². The minimum atomic E-state index is -4.22. The lowest BCUT2D eigenvalue weighted by Crippen LogP contribution is -2.43. The van der Waals surface area contributed by atoms with Crippen LogP contribution in [0.15, 0.2) is 92.6 Å². The number of azide groups is 1. The Balaban J connectivity index is 1.86. The van der Waals surface area contributed by atoms with Crippen molar-refractivity contribution in [3.05, 3.63) is 98.9 Å². The Bertz CT molecular complexity index is 1620. The number of nitro benzene ring substituents is 1. The Morgan fingerprint density at radius 2 is 1.41 bits per heavy atom. The Kier molecular flexibility index (Phi) is 10.1. The third kappa shape index (κ3) is 7.80. The number of nitro groups is 1. The number of hydrogen-bond donors (Lipinski definition) is 2. The number of rotatable bonds is 13. The van der Waals surface area contributed by atoms with Crippen molar-refractivity contribution in [3.63, 3.8) is 0 Å². The Labute approximate surface area is 237 Å². The molecular weight excluding hydrogens is 574 g/mol. The first-order valence-corrected chi connectivity index (χ1v) is 15.3. The maximum atomic E-state index is 13.6. The molecule has 0 radical (unpaired) electrons. The molecule has 0 heterocycles. The van der Waals surface area contributed by atoms with Gasteiger partial charge in [0.2, 0.25) is 19.9 Å². The molecule has 3 aromatic carbocycles. The number of benzene rings is 3. The number of phenolic OH excluding ortho intramolecular Hbond substituents is 1. The lowest BCUT2D eigenvalue weighted by atomic mass is 10.0. The molecule has 218 valence electrons. The molecule has 41 heavy (non-hydrogen) atoms. The molecule has 0 spiro atoms. The van der Waals surface area contributed by atoms with E-state index in [1.165, 1.54) is 12.1 Å². The predicted molar refractivity (Wildman–Crippen MR) is 149 cm³/mol. The number of sulfonamides is 1. The molecule has 15 heteroatoms. The van der Waals surface area contributed by atoms with Crippen molar-refractivity contribution in [3.8, 4) is 5.75 Å². The summed E-state index contributed by atoms with van der Waals surface area (Å²) in [5.41, 5.74) is 9.41. The largest absolute Gasteiger partial charge is 0.508 e. The lowest BCUT2D eigenvalue weighted by Gasteiger charge is -2.28. The first-order valence-electron chi connectivity index (χ1n) is 12.4.